The molecule has 3 N–H and O–H groups in total. The summed E-state index contributed by atoms with van der Waals surface area (Å²) in [5.74, 6) is -0.734. The van der Waals surface area contributed by atoms with Gasteiger partial charge >= 0.3 is 5.97 Å². The van der Waals surface area contributed by atoms with E-state index >= 15 is 0 Å². The highest BCUT2D eigenvalue weighted by Crippen LogP contribution is 2.41. The molecule has 0 bridgehead atoms. The summed E-state index contributed by atoms with van der Waals surface area (Å²) in [6, 6.07) is 5.46. The van der Waals surface area contributed by atoms with Gasteiger partial charge in [0.05, 0.1) is 34.7 Å². The number of carbonyl (C=O) groups is 1. The lowest BCUT2D eigenvalue weighted by atomic mass is 9.86. The van der Waals surface area contributed by atoms with Gasteiger partial charge in [-0.3, -0.25) is 4.79 Å². The number of rotatable bonds is 1. The molecule has 1 aromatic carbocycles. The fourth-order valence-corrected chi connectivity index (χ4v) is 5.37. The molecular weight excluding hydrogens is 506 g/mol. The predicted octanol–water partition coefficient (Wildman–Crippen LogP) is 3.19. The maximum atomic E-state index is 13.2. The zero-order chi connectivity index (χ0) is 20.7. The Balaban J connectivity index is 1.82. The number of nitrogen functional groups attached to an aromatic ring is 1. The smallest absolute Gasteiger partial charge is 0.343 e. The molecule has 0 saturated carbocycles. The molecule has 1 atom stereocenters. The number of nitrogens with two attached hydrogens (primary N) is 1. The van der Waals surface area contributed by atoms with E-state index in [1.165, 1.54) is 0 Å². The maximum absolute atomic E-state index is 13.2. The summed E-state index contributed by atoms with van der Waals surface area (Å²) in [5, 5.41) is 11.7. The Labute approximate surface area is 181 Å². The Kier molecular flexibility index (Phi) is 3.97. The van der Waals surface area contributed by atoms with Gasteiger partial charge in [0.25, 0.3) is 5.56 Å². The van der Waals surface area contributed by atoms with Gasteiger partial charge in [0.15, 0.2) is 5.60 Å². The van der Waals surface area contributed by atoms with Crippen LogP contribution in [-0.4, -0.2) is 20.6 Å². The van der Waals surface area contributed by atoms with Crippen molar-refractivity contribution in [2.24, 2.45) is 0 Å². The number of nitrogens with zero attached hydrogens (tertiary/aromatic N) is 2. The minimum absolute atomic E-state index is 0.107. The molecule has 0 aliphatic carbocycles. The number of halogens is 2. The summed E-state index contributed by atoms with van der Waals surface area (Å²) in [6.45, 7) is 1.87. The minimum Gasteiger partial charge on any atom is -0.458 e. The normalized spacial score (nSPS) is 19.7. The van der Waals surface area contributed by atoms with Crippen molar-refractivity contribution < 1.29 is 14.6 Å². The van der Waals surface area contributed by atoms with Gasteiger partial charge in [-0.05, 0) is 56.5 Å². The van der Waals surface area contributed by atoms with Crippen LogP contribution in [0.15, 0.2) is 31.9 Å². The number of anilines is 1. The number of aliphatic hydroxyl groups is 1. The molecule has 0 fully saturated rings. The number of pyridine rings is 2. The van der Waals surface area contributed by atoms with Crippen LogP contribution in [0.2, 0.25) is 0 Å². The summed E-state index contributed by atoms with van der Waals surface area (Å²) in [5.41, 5.74) is 8.01. The number of fused-ring (bicyclic) bond motifs is 5. The monoisotopic (exact) mass is 519 g/mol. The van der Waals surface area contributed by atoms with Crippen LogP contribution >= 0.6 is 31.9 Å². The van der Waals surface area contributed by atoms with Gasteiger partial charge in [0, 0.05) is 25.5 Å². The molecule has 5 rings (SSSR count). The number of cyclic esters (lactones) is 1. The fraction of sp³-hybridized carbons (Fsp3) is 0.250. The highest BCUT2D eigenvalue weighted by atomic mass is 79.9. The average molecular weight is 521 g/mol. The Hall–Kier alpha value is -2.23. The molecule has 2 aliphatic rings. The number of aromatic nitrogens is 2. The summed E-state index contributed by atoms with van der Waals surface area (Å²) < 4.78 is 8.21. The first-order valence-electron chi connectivity index (χ1n) is 9.00. The van der Waals surface area contributed by atoms with E-state index in [0.717, 1.165) is 19.9 Å². The van der Waals surface area contributed by atoms with Crippen LogP contribution in [0.4, 0.5) is 5.69 Å². The molecule has 7 nitrogen and oxygen atoms in total. The quantitative estimate of drug-likeness (QED) is 0.295. The van der Waals surface area contributed by atoms with Crippen LogP contribution in [-0.2, 0) is 28.3 Å². The van der Waals surface area contributed by atoms with Crippen LogP contribution in [0, 0.1) is 0 Å². The lowest BCUT2D eigenvalue weighted by Crippen LogP contribution is -2.44. The van der Waals surface area contributed by atoms with Crippen LogP contribution in [0.3, 0.4) is 0 Å². The van der Waals surface area contributed by atoms with Gasteiger partial charge in [-0.1, -0.05) is 6.92 Å². The Bertz CT molecular complexity index is 1320. The highest BCUT2D eigenvalue weighted by Gasteiger charge is 2.45. The van der Waals surface area contributed by atoms with Gasteiger partial charge in [-0.25, -0.2) is 9.78 Å². The molecule has 2 aliphatic heterocycles. The topological polar surface area (TPSA) is 107 Å². The van der Waals surface area contributed by atoms with Crippen LogP contribution in [0.5, 0.6) is 0 Å². The molecule has 148 valence electrons. The molecule has 0 spiro atoms. The SMILES string of the molecule is CCC1(O)C(=O)OCc2c1cc1n(c2=O)Cc2cc3c(N)c(Br)cc(Br)c3nc2-1. The molecule has 0 saturated heterocycles. The van der Waals surface area contributed by atoms with E-state index in [1.807, 2.05) is 12.1 Å². The molecule has 4 heterocycles. The van der Waals surface area contributed by atoms with Gasteiger partial charge in [-0.2, -0.15) is 0 Å². The summed E-state index contributed by atoms with van der Waals surface area (Å²) in [4.78, 5) is 30.2. The highest BCUT2D eigenvalue weighted by molar-refractivity contribution is 9.11. The molecular formula is C20H15Br2N3O4. The van der Waals surface area contributed by atoms with Crippen molar-refractivity contribution in [3.8, 4) is 11.4 Å². The first-order chi connectivity index (χ1) is 13.8. The number of benzene rings is 1. The van der Waals surface area contributed by atoms with E-state index in [4.69, 9.17) is 15.5 Å². The van der Waals surface area contributed by atoms with E-state index < -0.39 is 11.6 Å². The summed E-state index contributed by atoms with van der Waals surface area (Å²) >= 11 is 6.97. The zero-order valence-electron chi connectivity index (χ0n) is 15.3. The summed E-state index contributed by atoms with van der Waals surface area (Å²) in [6.07, 6.45) is 0.107. The second-order valence-electron chi connectivity index (χ2n) is 7.25. The number of ether oxygens (including phenoxy) is 1. The number of esters is 1. The molecule has 0 radical (unpaired) electrons. The molecule has 0 amide bonds. The maximum Gasteiger partial charge on any atom is 0.343 e. The third-order valence-electron chi connectivity index (χ3n) is 5.74. The van der Waals surface area contributed by atoms with Crippen molar-refractivity contribution in [2.75, 3.05) is 5.73 Å². The minimum atomic E-state index is -1.84. The largest absolute Gasteiger partial charge is 0.458 e. The van der Waals surface area contributed by atoms with Crippen molar-refractivity contribution >= 4 is 54.4 Å². The second kappa shape index (κ2) is 6.13. The zero-order valence-corrected chi connectivity index (χ0v) is 18.4. The first kappa shape index (κ1) is 18.8. The van der Waals surface area contributed by atoms with Crippen LogP contribution in [0.1, 0.15) is 30.0 Å². The fourth-order valence-electron chi connectivity index (χ4n) is 4.09. The lowest BCUT2D eigenvalue weighted by molar-refractivity contribution is -0.172. The van der Waals surface area contributed by atoms with Crippen LogP contribution in [0.25, 0.3) is 22.3 Å². The Morgan fingerprint density at radius 1 is 1.28 bits per heavy atom. The summed E-state index contributed by atoms with van der Waals surface area (Å²) in [7, 11) is 0. The Morgan fingerprint density at radius 2 is 2.03 bits per heavy atom. The molecule has 2 aromatic heterocycles. The predicted molar refractivity (Wildman–Crippen MR) is 114 cm³/mol. The van der Waals surface area contributed by atoms with Crippen molar-refractivity contribution in [3.63, 3.8) is 0 Å². The van der Waals surface area contributed by atoms with Gasteiger partial charge in [0.1, 0.15) is 6.61 Å². The number of hydrogen-bond donors (Lipinski definition) is 2. The Morgan fingerprint density at radius 3 is 2.76 bits per heavy atom. The number of carbonyl (C=O) groups excluding carboxylic acids is 1. The van der Waals surface area contributed by atoms with E-state index in [9.17, 15) is 14.7 Å². The van der Waals surface area contributed by atoms with E-state index in [1.54, 1.807) is 17.6 Å². The van der Waals surface area contributed by atoms with Crippen molar-refractivity contribution in [1.29, 1.82) is 0 Å². The average Bonchev–Trinajstić information content (AvgIpc) is 3.06. The van der Waals surface area contributed by atoms with Crippen LogP contribution < -0.4 is 11.3 Å². The van der Waals surface area contributed by atoms with E-state index in [0.29, 0.717) is 40.3 Å². The van der Waals surface area contributed by atoms with Crippen molar-refractivity contribution in [3.05, 3.63) is 54.2 Å². The van der Waals surface area contributed by atoms with Gasteiger partial charge in [-0.15, -0.1) is 0 Å². The van der Waals surface area contributed by atoms with Gasteiger partial charge < -0.3 is 20.1 Å². The van der Waals surface area contributed by atoms with E-state index in [2.05, 4.69) is 31.9 Å². The molecule has 29 heavy (non-hydrogen) atoms. The lowest BCUT2D eigenvalue weighted by Gasteiger charge is -2.31. The van der Waals surface area contributed by atoms with Crippen molar-refractivity contribution in [2.45, 2.75) is 32.1 Å². The standard InChI is InChI=1S/C20H15Br2N3O4/c1-2-20(28)11-4-14-16-8(6-25(14)18(26)10(11)7-29-19(20)27)3-9-15(23)12(21)5-13(22)17(9)24-16/h3-5,28H,2,6-7,23H2,1H3. The van der Waals surface area contributed by atoms with E-state index in [-0.39, 0.29) is 18.6 Å². The second-order valence-corrected chi connectivity index (χ2v) is 8.96. The third-order valence-corrected chi connectivity index (χ3v) is 7.00. The first-order valence-corrected chi connectivity index (χ1v) is 10.6. The van der Waals surface area contributed by atoms with Crippen molar-refractivity contribution in [1.82, 2.24) is 9.55 Å². The van der Waals surface area contributed by atoms with Gasteiger partial charge in [0.2, 0.25) is 0 Å². The molecule has 9 heteroatoms. The molecule has 1 unspecified atom stereocenters. The third kappa shape index (κ3) is 2.41. The number of hydrogen-bond acceptors (Lipinski definition) is 6. The molecule has 3 aromatic rings.